The zero-order valence-electron chi connectivity index (χ0n) is 8.41. The number of halogens is 2. The fraction of sp³-hybridized carbons (Fsp3) is 0.250. The van der Waals surface area contributed by atoms with Crippen molar-refractivity contribution in [1.82, 2.24) is 0 Å². The first kappa shape index (κ1) is 10.8. The van der Waals surface area contributed by atoms with Crippen LogP contribution in [0.4, 0.5) is 8.78 Å². The van der Waals surface area contributed by atoms with E-state index in [1.54, 1.807) is 0 Å². The van der Waals surface area contributed by atoms with Gasteiger partial charge in [-0.1, -0.05) is 6.07 Å². The lowest BCUT2D eigenvalue weighted by atomic mass is 10.0. The molecule has 1 aromatic carbocycles. The van der Waals surface area contributed by atoms with Crippen molar-refractivity contribution in [3.63, 3.8) is 0 Å². The van der Waals surface area contributed by atoms with Crippen molar-refractivity contribution in [1.29, 1.82) is 0 Å². The molecule has 0 bridgehead atoms. The van der Waals surface area contributed by atoms with Crippen LogP contribution in [0.15, 0.2) is 24.3 Å². The lowest BCUT2D eigenvalue weighted by Gasteiger charge is -2.05. The fourth-order valence-corrected chi connectivity index (χ4v) is 1.64. The Hall–Kier alpha value is -1.71. The number of allylic oxidation sites excluding steroid dienone is 1. The molecule has 0 unspecified atom stereocenters. The summed E-state index contributed by atoms with van der Waals surface area (Å²) in [5.41, 5.74) is 1.02. The Balaban J connectivity index is 2.39. The van der Waals surface area contributed by atoms with Crippen LogP contribution < -0.4 is 0 Å². The second-order valence-corrected chi connectivity index (χ2v) is 3.84. The normalized spacial score (nSPS) is 16.2. The summed E-state index contributed by atoms with van der Waals surface area (Å²) in [7, 11) is 0. The Kier molecular flexibility index (Phi) is 2.73. The molecule has 1 fully saturated rings. The average molecular weight is 224 g/mol. The number of rotatable bonds is 3. The largest absolute Gasteiger partial charge is 0.478 e. The zero-order valence-corrected chi connectivity index (χ0v) is 8.41. The van der Waals surface area contributed by atoms with E-state index in [-0.39, 0.29) is 5.92 Å². The van der Waals surface area contributed by atoms with Crippen molar-refractivity contribution in [2.24, 2.45) is 5.92 Å². The summed E-state index contributed by atoms with van der Waals surface area (Å²) in [5.74, 6) is -2.77. The van der Waals surface area contributed by atoms with Crippen LogP contribution in [-0.2, 0) is 4.79 Å². The zero-order chi connectivity index (χ0) is 11.7. The molecule has 2 rings (SSSR count). The molecular weight excluding hydrogens is 214 g/mol. The number of benzene rings is 1. The van der Waals surface area contributed by atoms with Gasteiger partial charge in [-0.25, -0.2) is 13.6 Å². The van der Waals surface area contributed by atoms with Crippen molar-refractivity contribution in [2.75, 3.05) is 0 Å². The maximum absolute atomic E-state index is 13.0. The van der Waals surface area contributed by atoms with Gasteiger partial charge in [0.05, 0.1) is 0 Å². The first-order chi connectivity index (χ1) is 7.58. The van der Waals surface area contributed by atoms with Crippen molar-refractivity contribution < 1.29 is 18.7 Å². The second-order valence-electron chi connectivity index (χ2n) is 3.84. The van der Waals surface area contributed by atoms with Crippen LogP contribution in [0, 0.1) is 17.6 Å². The van der Waals surface area contributed by atoms with E-state index in [1.807, 2.05) is 0 Å². The second kappa shape index (κ2) is 4.04. The van der Waals surface area contributed by atoms with E-state index >= 15 is 0 Å². The molecule has 0 amide bonds. The quantitative estimate of drug-likeness (QED) is 0.801. The molecule has 16 heavy (non-hydrogen) atoms. The van der Waals surface area contributed by atoms with Gasteiger partial charge in [0.2, 0.25) is 0 Å². The van der Waals surface area contributed by atoms with Crippen molar-refractivity contribution in [3.05, 3.63) is 41.5 Å². The third kappa shape index (κ3) is 2.27. The molecule has 84 valence electrons. The summed E-state index contributed by atoms with van der Waals surface area (Å²) in [5, 5.41) is 8.70. The van der Waals surface area contributed by atoms with Crippen LogP contribution in [0.2, 0.25) is 0 Å². The van der Waals surface area contributed by atoms with Gasteiger partial charge >= 0.3 is 5.97 Å². The third-order valence-electron chi connectivity index (χ3n) is 2.55. The van der Waals surface area contributed by atoms with Gasteiger partial charge in [0.25, 0.3) is 0 Å². The molecule has 1 N–H and O–H groups in total. The van der Waals surface area contributed by atoms with Gasteiger partial charge in [-0.15, -0.1) is 0 Å². The Bertz CT molecular complexity index is 462. The standard InChI is InChI=1S/C12H10F2O2/c13-10-4-3-8(5-11(10)14)9(6-12(15)16)7-1-2-7/h3-7H,1-2H2,(H,15,16)/b9-6+. The van der Waals surface area contributed by atoms with Crippen LogP contribution in [0.5, 0.6) is 0 Å². The van der Waals surface area contributed by atoms with Crippen LogP contribution >= 0.6 is 0 Å². The van der Waals surface area contributed by atoms with Gasteiger partial charge in [0.15, 0.2) is 11.6 Å². The Morgan fingerprint density at radius 3 is 2.50 bits per heavy atom. The Morgan fingerprint density at radius 1 is 1.31 bits per heavy atom. The summed E-state index contributed by atoms with van der Waals surface area (Å²) in [6, 6.07) is 3.47. The molecule has 0 spiro atoms. The van der Waals surface area contributed by atoms with Crippen molar-refractivity contribution in [2.45, 2.75) is 12.8 Å². The average Bonchev–Trinajstić information content (AvgIpc) is 3.02. The molecule has 0 heterocycles. The predicted molar refractivity (Wildman–Crippen MR) is 54.7 cm³/mol. The SMILES string of the molecule is O=C(O)/C=C(/c1ccc(F)c(F)c1)C1CC1. The van der Waals surface area contributed by atoms with Crippen molar-refractivity contribution in [3.8, 4) is 0 Å². The van der Waals surface area contributed by atoms with Crippen LogP contribution in [-0.4, -0.2) is 11.1 Å². The fourth-order valence-electron chi connectivity index (χ4n) is 1.64. The van der Waals surface area contributed by atoms with Gasteiger partial charge < -0.3 is 5.11 Å². The first-order valence-electron chi connectivity index (χ1n) is 4.98. The number of carbonyl (C=O) groups is 1. The minimum absolute atomic E-state index is 0.168. The number of hydrogen-bond acceptors (Lipinski definition) is 1. The van der Waals surface area contributed by atoms with E-state index < -0.39 is 17.6 Å². The van der Waals surface area contributed by atoms with E-state index in [9.17, 15) is 13.6 Å². The molecule has 1 aliphatic rings. The van der Waals surface area contributed by atoms with E-state index in [0.717, 1.165) is 31.1 Å². The van der Waals surface area contributed by atoms with Gasteiger partial charge in [-0.05, 0) is 42.0 Å². The minimum Gasteiger partial charge on any atom is -0.478 e. The molecule has 1 aromatic rings. The predicted octanol–water partition coefficient (Wildman–Crippen LogP) is 2.84. The highest BCUT2D eigenvalue weighted by Crippen LogP contribution is 2.42. The summed E-state index contributed by atoms with van der Waals surface area (Å²) in [6.45, 7) is 0. The van der Waals surface area contributed by atoms with Gasteiger partial charge in [-0.3, -0.25) is 0 Å². The Morgan fingerprint density at radius 2 is 2.00 bits per heavy atom. The highest BCUT2D eigenvalue weighted by atomic mass is 19.2. The molecule has 0 aliphatic heterocycles. The number of carboxylic acids is 1. The van der Waals surface area contributed by atoms with E-state index in [0.29, 0.717) is 11.1 Å². The summed E-state index contributed by atoms with van der Waals surface area (Å²) < 4.78 is 25.7. The molecule has 2 nitrogen and oxygen atoms in total. The van der Waals surface area contributed by atoms with E-state index in [2.05, 4.69) is 0 Å². The Labute approximate surface area is 91.2 Å². The number of carboxylic acid groups (broad SMARTS) is 1. The molecule has 1 saturated carbocycles. The molecule has 0 aromatic heterocycles. The molecule has 0 atom stereocenters. The maximum Gasteiger partial charge on any atom is 0.328 e. The molecule has 1 aliphatic carbocycles. The molecule has 0 radical (unpaired) electrons. The summed E-state index contributed by atoms with van der Waals surface area (Å²) in [4.78, 5) is 10.6. The van der Waals surface area contributed by atoms with Crippen LogP contribution in [0.1, 0.15) is 18.4 Å². The first-order valence-corrected chi connectivity index (χ1v) is 4.98. The summed E-state index contributed by atoms with van der Waals surface area (Å²) >= 11 is 0. The van der Waals surface area contributed by atoms with Crippen molar-refractivity contribution >= 4 is 11.5 Å². The molecule has 4 heteroatoms. The lowest BCUT2D eigenvalue weighted by Crippen LogP contribution is -1.96. The van der Waals surface area contributed by atoms with E-state index in [4.69, 9.17) is 5.11 Å². The van der Waals surface area contributed by atoms with Gasteiger partial charge in [0.1, 0.15) is 0 Å². The summed E-state index contributed by atoms with van der Waals surface area (Å²) in [6.07, 6.45) is 2.88. The maximum atomic E-state index is 13.0. The lowest BCUT2D eigenvalue weighted by molar-refractivity contribution is -0.131. The smallest absolute Gasteiger partial charge is 0.328 e. The number of aliphatic carboxylic acids is 1. The van der Waals surface area contributed by atoms with Crippen LogP contribution in [0.3, 0.4) is 0 Å². The third-order valence-corrected chi connectivity index (χ3v) is 2.55. The molecular formula is C12H10F2O2. The number of hydrogen-bond donors (Lipinski definition) is 1. The highest BCUT2D eigenvalue weighted by molar-refractivity contribution is 5.91. The highest BCUT2D eigenvalue weighted by Gasteiger charge is 2.28. The van der Waals surface area contributed by atoms with Gasteiger partial charge in [0, 0.05) is 6.08 Å². The minimum atomic E-state index is -1.06. The van der Waals surface area contributed by atoms with Crippen LogP contribution in [0.25, 0.3) is 5.57 Å². The monoisotopic (exact) mass is 224 g/mol. The topological polar surface area (TPSA) is 37.3 Å². The molecule has 0 saturated heterocycles. The van der Waals surface area contributed by atoms with Gasteiger partial charge in [-0.2, -0.15) is 0 Å². The van der Waals surface area contributed by atoms with E-state index in [1.165, 1.54) is 6.07 Å².